The molecule has 0 bridgehead atoms. The third kappa shape index (κ3) is 6.08. The largest absolute Gasteiger partial charge is 0.494 e. The van der Waals surface area contributed by atoms with Gasteiger partial charge in [0.1, 0.15) is 11.4 Å². The highest BCUT2D eigenvalue weighted by Gasteiger charge is 2.22. The van der Waals surface area contributed by atoms with Crippen molar-refractivity contribution in [1.82, 2.24) is 0 Å². The van der Waals surface area contributed by atoms with Crippen LogP contribution >= 0.6 is 0 Å². The molecule has 1 N–H and O–H groups in total. The zero-order chi connectivity index (χ0) is 25.5. The van der Waals surface area contributed by atoms with Gasteiger partial charge in [-0.05, 0) is 56.2 Å². The van der Waals surface area contributed by atoms with E-state index < -0.39 is 23.4 Å². The third-order valence-electron chi connectivity index (χ3n) is 5.25. The van der Waals surface area contributed by atoms with Crippen LogP contribution in [-0.4, -0.2) is 35.8 Å². The molecule has 0 spiro atoms. The maximum atomic E-state index is 13.0. The summed E-state index contributed by atoms with van der Waals surface area (Å²) in [6, 6.07) is 15.4. The van der Waals surface area contributed by atoms with Crippen molar-refractivity contribution < 1.29 is 28.8 Å². The number of aryl methyl sites for hydroxylation is 2. The molecule has 9 heteroatoms. The Kier molecular flexibility index (Phi) is 7.93. The van der Waals surface area contributed by atoms with Crippen molar-refractivity contribution in [3.8, 4) is 5.75 Å². The molecule has 0 aliphatic rings. The average Bonchev–Trinajstić information content (AvgIpc) is 2.84. The quantitative estimate of drug-likeness (QED) is 0.206. The molecule has 35 heavy (non-hydrogen) atoms. The first-order valence-electron chi connectivity index (χ1n) is 10.8. The van der Waals surface area contributed by atoms with E-state index in [2.05, 4.69) is 5.32 Å². The van der Waals surface area contributed by atoms with Crippen LogP contribution in [0.4, 0.5) is 11.4 Å². The number of esters is 1. The summed E-state index contributed by atoms with van der Waals surface area (Å²) >= 11 is 0. The number of nitro groups is 1. The Balaban J connectivity index is 1.72. The van der Waals surface area contributed by atoms with Crippen LogP contribution in [0, 0.1) is 24.0 Å². The number of nitrogens with one attached hydrogen (secondary N) is 1. The first-order chi connectivity index (χ1) is 16.7. The Bertz CT molecular complexity index is 1300. The number of ether oxygens (including phenoxy) is 2. The summed E-state index contributed by atoms with van der Waals surface area (Å²) in [7, 11) is 0. The summed E-state index contributed by atoms with van der Waals surface area (Å²) in [5.41, 5.74) is 2.13. The number of amides is 1. The topological polar surface area (TPSA) is 125 Å². The molecule has 1 amide bonds. The van der Waals surface area contributed by atoms with Crippen LogP contribution in [0.1, 0.15) is 44.3 Å². The lowest BCUT2D eigenvalue weighted by Crippen LogP contribution is -2.22. The molecule has 0 radical (unpaired) electrons. The monoisotopic (exact) mass is 476 g/mol. The summed E-state index contributed by atoms with van der Waals surface area (Å²) in [5.74, 6) is -1.71. The lowest BCUT2D eigenvalue weighted by Gasteiger charge is -2.11. The Morgan fingerprint density at radius 3 is 2.31 bits per heavy atom. The molecule has 0 atom stereocenters. The van der Waals surface area contributed by atoms with Crippen molar-refractivity contribution in [2.75, 3.05) is 18.5 Å². The minimum absolute atomic E-state index is 0.00979. The van der Waals surface area contributed by atoms with E-state index in [4.69, 9.17) is 9.47 Å². The number of nitrogens with zero attached hydrogens (tertiary/aromatic N) is 1. The zero-order valence-corrected chi connectivity index (χ0v) is 19.5. The van der Waals surface area contributed by atoms with Gasteiger partial charge < -0.3 is 14.8 Å². The van der Waals surface area contributed by atoms with Crippen LogP contribution < -0.4 is 10.1 Å². The van der Waals surface area contributed by atoms with Crippen molar-refractivity contribution in [2.24, 2.45) is 0 Å². The molecule has 0 fully saturated rings. The predicted octanol–water partition coefficient (Wildman–Crippen LogP) is 4.64. The highest BCUT2D eigenvalue weighted by molar-refractivity contribution is 6.14. The molecule has 3 aromatic carbocycles. The fourth-order valence-corrected chi connectivity index (χ4v) is 3.32. The molecular formula is C26H24N2O7. The van der Waals surface area contributed by atoms with Crippen LogP contribution in [-0.2, 0) is 9.53 Å². The highest BCUT2D eigenvalue weighted by Crippen LogP contribution is 2.29. The lowest BCUT2D eigenvalue weighted by atomic mass is 9.96. The second-order valence-corrected chi connectivity index (χ2v) is 7.67. The second-order valence-electron chi connectivity index (χ2n) is 7.67. The van der Waals surface area contributed by atoms with Crippen molar-refractivity contribution in [3.05, 3.63) is 98.6 Å². The van der Waals surface area contributed by atoms with Crippen LogP contribution in [0.3, 0.4) is 0 Å². The van der Waals surface area contributed by atoms with Gasteiger partial charge in [-0.15, -0.1) is 0 Å². The van der Waals surface area contributed by atoms with Gasteiger partial charge in [0.2, 0.25) is 0 Å². The van der Waals surface area contributed by atoms with Gasteiger partial charge in [-0.3, -0.25) is 19.7 Å². The summed E-state index contributed by atoms with van der Waals surface area (Å²) < 4.78 is 10.3. The Hall–Kier alpha value is -4.53. The number of carbonyl (C=O) groups excluding carboxylic acids is 3. The predicted molar refractivity (Wildman–Crippen MR) is 129 cm³/mol. The van der Waals surface area contributed by atoms with Crippen molar-refractivity contribution in [1.29, 1.82) is 0 Å². The molecule has 3 aromatic rings. The third-order valence-corrected chi connectivity index (χ3v) is 5.25. The summed E-state index contributed by atoms with van der Waals surface area (Å²) in [6.45, 7) is 5.19. The minimum Gasteiger partial charge on any atom is -0.494 e. The molecule has 0 saturated carbocycles. The summed E-state index contributed by atoms with van der Waals surface area (Å²) in [5, 5.41) is 13.7. The first-order valence-corrected chi connectivity index (χ1v) is 10.8. The van der Waals surface area contributed by atoms with E-state index in [-0.39, 0.29) is 34.0 Å². The molecule has 9 nitrogen and oxygen atoms in total. The average molecular weight is 476 g/mol. The van der Waals surface area contributed by atoms with Gasteiger partial charge in [0.15, 0.2) is 12.4 Å². The Labute approximate surface area is 201 Å². The Morgan fingerprint density at radius 1 is 0.943 bits per heavy atom. The fraction of sp³-hybridized carbons (Fsp3) is 0.192. The molecule has 0 aliphatic carbocycles. The number of hydrogen-bond donors (Lipinski definition) is 1. The van der Waals surface area contributed by atoms with Gasteiger partial charge in [-0.25, -0.2) is 4.79 Å². The van der Waals surface area contributed by atoms with Gasteiger partial charge >= 0.3 is 5.97 Å². The Morgan fingerprint density at radius 2 is 1.66 bits per heavy atom. The van der Waals surface area contributed by atoms with Gasteiger partial charge in [0.25, 0.3) is 11.6 Å². The van der Waals surface area contributed by atoms with E-state index >= 15 is 0 Å². The van der Waals surface area contributed by atoms with Crippen molar-refractivity contribution in [3.63, 3.8) is 0 Å². The molecule has 3 rings (SSSR count). The molecule has 0 aliphatic heterocycles. The number of rotatable bonds is 9. The number of benzene rings is 3. The second kappa shape index (κ2) is 11.1. The number of ketones is 1. The minimum atomic E-state index is -0.867. The summed E-state index contributed by atoms with van der Waals surface area (Å²) in [6.07, 6.45) is 0. The van der Waals surface area contributed by atoms with Gasteiger partial charge in [-0.2, -0.15) is 0 Å². The zero-order valence-electron chi connectivity index (χ0n) is 19.5. The van der Waals surface area contributed by atoms with Gasteiger partial charge in [-0.1, -0.05) is 30.3 Å². The molecular weight excluding hydrogens is 452 g/mol. The van der Waals surface area contributed by atoms with E-state index in [1.807, 2.05) is 19.9 Å². The van der Waals surface area contributed by atoms with Crippen LogP contribution in [0.15, 0.2) is 60.7 Å². The summed E-state index contributed by atoms with van der Waals surface area (Å²) in [4.78, 5) is 48.8. The van der Waals surface area contributed by atoms with E-state index in [1.54, 1.807) is 31.2 Å². The van der Waals surface area contributed by atoms with Crippen LogP contribution in [0.2, 0.25) is 0 Å². The molecule has 180 valence electrons. The van der Waals surface area contributed by atoms with Crippen LogP contribution in [0.5, 0.6) is 5.75 Å². The number of anilines is 1. The molecule has 0 aromatic heterocycles. The molecule has 0 unspecified atom stereocenters. The lowest BCUT2D eigenvalue weighted by molar-refractivity contribution is -0.384. The number of nitro benzene ring substituents is 1. The molecule has 0 saturated heterocycles. The van der Waals surface area contributed by atoms with E-state index in [9.17, 15) is 24.5 Å². The number of carbonyl (C=O) groups is 3. The smallest absolute Gasteiger partial charge is 0.339 e. The van der Waals surface area contributed by atoms with E-state index in [1.165, 1.54) is 30.3 Å². The van der Waals surface area contributed by atoms with Gasteiger partial charge in [0.05, 0.1) is 23.2 Å². The maximum absolute atomic E-state index is 13.0. The van der Waals surface area contributed by atoms with E-state index in [0.29, 0.717) is 12.2 Å². The normalized spacial score (nSPS) is 10.4. The van der Waals surface area contributed by atoms with Crippen molar-refractivity contribution in [2.45, 2.75) is 20.8 Å². The maximum Gasteiger partial charge on any atom is 0.339 e. The molecule has 0 heterocycles. The van der Waals surface area contributed by atoms with Crippen molar-refractivity contribution >= 4 is 29.0 Å². The SMILES string of the molecule is CCOc1ccc(NC(=O)COC(=O)c2ccccc2C(=O)c2ccc(C)c(C)c2)c([N+](=O)[O-])c1. The van der Waals surface area contributed by atoms with E-state index in [0.717, 1.165) is 11.1 Å². The first kappa shape index (κ1) is 25.1. The van der Waals surface area contributed by atoms with Crippen LogP contribution in [0.25, 0.3) is 0 Å². The standard InChI is InChI=1S/C26H24N2O7/c1-4-34-19-11-12-22(23(14-19)28(32)33)27-24(29)15-35-26(31)21-8-6-5-7-20(21)25(30)18-10-9-16(2)17(3)13-18/h5-14H,4,15H2,1-3H3,(H,27,29). The number of hydrogen-bond acceptors (Lipinski definition) is 7. The highest BCUT2D eigenvalue weighted by atomic mass is 16.6. The van der Waals surface area contributed by atoms with Gasteiger partial charge in [0, 0.05) is 11.1 Å². The fourth-order valence-electron chi connectivity index (χ4n) is 3.32.